The van der Waals surface area contributed by atoms with Gasteiger partial charge in [0.25, 0.3) is 0 Å². The highest BCUT2D eigenvalue weighted by Crippen LogP contribution is 2.27. The molecule has 0 spiro atoms. The van der Waals surface area contributed by atoms with Gasteiger partial charge in [-0.05, 0) is 50.1 Å². The molecule has 4 aromatic rings. The largest absolute Gasteiger partial charge is 0.508 e. The van der Waals surface area contributed by atoms with Gasteiger partial charge in [0.15, 0.2) is 23.0 Å². The fourth-order valence-corrected chi connectivity index (χ4v) is 3.20. The van der Waals surface area contributed by atoms with Gasteiger partial charge in [0.05, 0.1) is 11.9 Å². The monoisotopic (exact) mass is 399 g/mol. The Balaban J connectivity index is 1.72. The van der Waals surface area contributed by atoms with Gasteiger partial charge in [0.1, 0.15) is 17.3 Å². The standard InChI is InChI=1S/C22H21N7O/c1-14(2)29-13-26-19-21(25-11-9-15-5-7-16(30)8-6-15)27-20(28-22(19)29)17-4-3-10-24-18(17)12-23/h3-8,10,13-14,30H,9,11H2,1-2H3,(H,25,27,28). The van der Waals surface area contributed by atoms with Gasteiger partial charge in [-0.3, -0.25) is 0 Å². The zero-order chi connectivity index (χ0) is 21.1. The van der Waals surface area contributed by atoms with Crippen molar-refractivity contribution in [3.05, 3.63) is 60.2 Å². The number of imidazole rings is 1. The summed E-state index contributed by atoms with van der Waals surface area (Å²) in [6.45, 7) is 4.75. The summed E-state index contributed by atoms with van der Waals surface area (Å²) in [5.74, 6) is 1.29. The number of phenolic OH excluding ortho intramolecular Hbond substituents is 1. The van der Waals surface area contributed by atoms with E-state index in [1.807, 2.05) is 16.7 Å². The summed E-state index contributed by atoms with van der Waals surface area (Å²) in [7, 11) is 0. The van der Waals surface area contributed by atoms with Crippen molar-refractivity contribution in [2.24, 2.45) is 0 Å². The van der Waals surface area contributed by atoms with Crippen molar-refractivity contribution in [2.45, 2.75) is 26.3 Å². The molecule has 8 heteroatoms. The van der Waals surface area contributed by atoms with Crippen LogP contribution in [0.2, 0.25) is 0 Å². The fourth-order valence-electron chi connectivity index (χ4n) is 3.20. The van der Waals surface area contributed by atoms with E-state index in [9.17, 15) is 10.4 Å². The summed E-state index contributed by atoms with van der Waals surface area (Å²) in [5.41, 5.74) is 3.34. The van der Waals surface area contributed by atoms with Crippen molar-refractivity contribution in [3.63, 3.8) is 0 Å². The minimum Gasteiger partial charge on any atom is -0.508 e. The predicted octanol–water partition coefficient (Wildman–Crippen LogP) is 3.70. The van der Waals surface area contributed by atoms with E-state index in [1.54, 1.807) is 36.8 Å². The van der Waals surface area contributed by atoms with E-state index in [0.29, 0.717) is 34.9 Å². The van der Waals surface area contributed by atoms with Gasteiger partial charge in [-0.15, -0.1) is 0 Å². The van der Waals surface area contributed by atoms with Crippen molar-refractivity contribution in [3.8, 4) is 23.2 Å². The number of nitriles is 1. The zero-order valence-electron chi connectivity index (χ0n) is 16.7. The maximum absolute atomic E-state index is 9.44. The van der Waals surface area contributed by atoms with Crippen LogP contribution in [0.25, 0.3) is 22.6 Å². The Bertz CT molecular complexity index is 1220. The molecule has 2 N–H and O–H groups in total. The lowest BCUT2D eigenvalue weighted by atomic mass is 10.1. The van der Waals surface area contributed by atoms with Crippen LogP contribution in [0.15, 0.2) is 48.9 Å². The van der Waals surface area contributed by atoms with Crippen LogP contribution in [0.1, 0.15) is 31.1 Å². The maximum atomic E-state index is 9.44. The van der Waals surface area contributed by atoms with Crippen LogP contribution in [0, 0.1) is 11.3 Å². The number of aromatic nitrogens is 5. The van der Waals surface area contributed by atoms with Crippen LogP contribution < -0.4 is 5.32 Å². The smallest absolute Gasteiger partial charge is 0.166 e. The molecule has 0 bridgehead atoms. The Morgan fingerprint density at radius 3 is 2.67 bits per heavy atom. The molecular weight excluding hydrogens is 378 g/mol. The normalized spacial score (nSPS) is 11.0. The van der Waals surface area contributed by atoms with Crippen LogP contribution in [0.4, 0.5) is 5.82 Å². The first-order chi connectivity index (χ1) is 14.6. The molecule has 0 saturated carbocycles. The van der Waals surface area contributed by atoms with E-state index in [2.05, 4.69) is 40.2 Å². The second-order valence-electron chi connectivity index (χ2n) is 7.17. The summed E-state index contributed by atoms with van der Waals surface area (Å²) in [4.78, 5) is 18.0. The fraction of sp³-hybridized carbons (Fsp3) is 0.227. The molecule has 0 saturated heterocycles. The lowest BCUT2D eigenvalue weighted by molar-refractivity contribution is 0.475. The number of fused-ring (bicyclic) bond motifs is 1. The number of pyridine rings is 1. The first-order valence-electron chi connectivity index (χ1n) is 9.68. The molecule has 30 heavy (non-hydrogen) atoms. The number of rotatable bonds is 6. The molecule has 0 aliphatic heterocycles. The number of nitrogens with zero attached hydrogens (tertiary/aromatic N) is 6. The lowest BCUT2D eigenvalue weighted by Gasteiger charge is -2.12. The molecule has 0 unspecified atom stereocenters. The molecule has 0 aliphatic rings. The topological polar surface area (TPSA) is 113 Å². The Morgan fingerprint density at radius 2 is 1.93 bits per heavy atom. The van der Waals surface area contributed by atoms with Crippen molar-refractivity contribution in [2.75, 3.05) is 11.9 Å². The molecule has 0 atom stereocenters. The van der Waals surface area contributed by atoms with E-state index < -0.39 is 0 Å². The highest BCUT2D eigenvalue weighted by Gasteiger charge is 2.17. The molecule has 0 radical (unpaired) electrons. The number of hydrogen-bond acceptors (Lipinski definition) is 7. The Morgan fingerprint density at radius 1 is 1.13 bits per heavy atom. The van der Waals surface area contributed by atoms with Crippen molar-refractivity contribution in [1.82, 2.24) is 24.5 Å². The number of phenols is 1. The van der Waals surface area contributed by atoms with Gasteiger partial charge in [0, 0.05) is 18.8 Å². The molecule has 1 aromatic carbocycles. The predicted molar refractivity (Wildman–Crippen MR) is 114 cm³/mol. The number of hydrogen-bond donors (Lipinski definition) is 2. The van der Waals surface area contributed by atoms with E-state index in [-0.39, 0.29) is 17.5 Å². The molecule has 150 valence electrons. The minimum atomic E-state index is 0.173. The quantitative estimate of drug-likeness (QED) is 0.508. The minimum absolute atomic E-state index is 0.173. The molecule has 0 aliphatic carbocycles. The summed E-state index contributed by atoms with van der Waals surface area (Å²) in [6, 6.07) is 13.0. The molecular formula is C22H21N7O. The van der Waals surface area contributed by atoms with E-state index in [4.69, 9.17) is 4.98 Å². The molecule has 3 heterocycles. The van der Waals surface area contributed by atoms with Gasteiger partial charge in [-0.25, -0.2) is 19.9 Å². The van der Waals surface area contributed by atoms with Crippen LogP contribution in [0.5, 0.6) is 5.75 Å². The van der Waals surface area contributed by atoms with Crippen molar-refractivity contribution >= 4 is 17.0 Å². The highest BCUT2D eigenvalue weighted by atomic mass is 16.3. The van der Waals surface area contributed by atoms with Crippen LogP contribution in [0.3, 0.4) is 0 Å². The van der Waals surface area contributed by atoms with Crippen molar-refractivity contribution < 1.29 is 5.11 Å². The van der Waals surface area contributed by atoms with Crippen LogP contribution in [-0.4, -0.2) is 36.2 Å². The first kappa shape index (κ1) is 19.3. The number of aromatic hydroxyl groups is 1. The second kappa shape index (κ2) is 8.17. The summed E-state index contributed by atoms with van der Waals surface area (Å²) < 4.78 is 1.98. The molecule has 0 fully saturated rings. The average molecular weight is 399 g/mol. The molecule has 4 rings (SSSR count). The van der Waals surface area contributed by atoms with Gasteiger partial charge >= 0.3 is 0 Å². The number of benzene rings is 1. The van der Waals surface area contributed by atoms with Crippen molar-refractivity contribution in [1.29, 1.82) is 5.26 Å². The Labute approximate surface area is 173 Å². The summed E-state index contributed by atoms with van der Waals surface area (Å²) in [6.07, 6.45) is 4.09. The van der Waals surface area contributed by atoms with E-state index in [0.717, 1.165) is 12.0 Å². The average Bonchev–Trinajstić information content (AvgIpc) is 3.19. The highest BCUT2D eigenvalue weighted by molar-refractivity contribution is 5.85. The van der Waals surface area contributed by atoms with E-state index in [1.165, 1.54) is 0 Å². The third-order valence-electron chi connectivity index (χ3n) is 4.77. The van der Waals surface area contributed by atoms with Gasteiger partial charge in [-0.1, -0.05) is 12.1 Å². The number of nitrogens with one attached hydrogen (secondary N) is 1. The summed E-state index contributed by atoms with van der Waals surface area (Å²) >= 11 is 0. The third kappa shape index (κ3) is 3.78. The lowest BCUT2D eigenvalue weighted by Crippen LogP contribution is -2.09. The first-order valence-corrected chi connectivity index (χ1v) is 9.68. The summed E-state index contributed by atoms with van der Waals surface area (Å²) in [5, 5.41) is 22.2. The number of anilines is 1. The molecule has 8 nitrogen and oxygen atoms in total. The third-order valence-corrected chi connectivity index (χ3v) is 4.77. The SMILES string of the molecule is CC(C)n1cnc2c(NCCc3ccc(O)cc3)nc(-c3cccnc3C#N)nc21. The van der Waals surface area contributed by atoms with Gasteiger partial charge in [-0.2, -0.15) is 5.26 Å². The van der Waals surface area contributed by atoms with E-state index >= 15 is 0 Å². The molecule has 0 amide bonds. The Hall–Kier alpha value is -3.99. The maximum Gasteiger partial charge on any atom is 0.166 e. The second-order valence-corrected chi connectivity index (χ2v) is 7.17. The van der Waals surface area contributed by atoms with Crippen LogP contribution in [-0.2, 0) is 6.42 Å². The van der Waals surface area contributed by atoms with Gasteiger partial charge in [0.2, 0.25) is 0 Å². The van der Waals surface area contributed by atoms with Gasteiger partial charge < -0.3 is 15.0 Å². The van der Waals surface area contributed by atoms with Crippen LogP contribution >= 0.6 is 0 Å². The Kier molecular flexibility index (Phi) is 5.26. The zero-order valence-corrected chi connectivity index (χ0v) is 16.7. The molecule has 3 aromatic heterocycles.